The lowest BCUT2D eigenvalue weighted by molar-refractivity contribution is -0.118. The molecule has 0 radical (unpaired) electrons. The standard InChI is InChI=1S/C18H20N2O2/c1-2-20(16-11-7-4-8-12-16)17(21)13-14-19-18(22)15-9-5-3-6-10-15/h3-12H,2,13-14H2,1H3,(H,19,22). The van der Waals surface area contributed by atoms with Gasteiger partial charge in [0.15, 0.2) is 0 Å². The number of para-hydroxylation sites is 1. The van der Waals surface area contributed by atoms with E-state index in [1.807, 2.05) is 55.5 Å². The molecule has 0 bridgehead atoms. The third kappa shape index (κ3) is 4.19. The second kappa shape index (κ2) is 7.98. The van der Waals surface area contributed by atoms with Crippen LogP contribution in [0.5, 0.6) is 0 Å². The lowest BCUT2D eigenvalue weighted by Gasteiger charge is -2.21. The van der Waals surface area contributed by atoms with Crippen molar-refractivity contribution in [3.05, 3.63) is 66.2 Å². The lowest BCUT2D eigenvalue weighted by Crippen LogP contribution is -2.34. The van der Waals surface area contributed by atoms with Gasteiger partial charge < -0.3 is 10.2 Å². The third-order valence-electron chi connectivity index (χ3n) is 3.35. The van der Waals surface area contributed by atoms with Crippen molar-refractivity contribution in [2.24, 2.45) is 0 Å². The molecule has 0 aliphatic rings. The highest BCUT2D eigenvalue weighted by Gasteiger charge is 2.13. The minimum Gasteiger partial charge on any atom is -0.352 e. The first-order valence-corrected chi connectivity index (χ1v) is 7.41. The maximum atomic E-state index is 12.3. The Hall–Kier alpha value is -2.62. The third-order valence-corrected chi connectivity index (χ3v) is 3.35. The molecule has 2 amide bonds. The molecular weight excluding hydrogens is 276 g/mol. The largest absolute Gasteiger partial charge is 0.352 e. The number of carbonyl (C=O) groups is 2. The number of rotatable bonds is 6. The van der Waals surface area contributed by atoms with Crippen molar-refractivity contribution in [3.8, 4) is 0 Å². The molecule has 4 heteroatoms. The van der Waals surface area contributed by atoms with Gasteiger partial charge in [-0.2, -0.15) is 0 Å². The highest BCUT2D eigenvalue weighted by molar-refractivity contribution is 5.96. The summed E-state index contributed by atoms with van der Waals surface area (Å²) in [5.41, 5.74) is 1.48. The number of anilines is 1. The average Bonchev–Trinajstić information content (AvgIpc) is 2.57. The molecule has 0 aromatic heterocycles. The number of hydrogen-bond donors (Lipinski definition) is 1. The summed E-state index contributed by atoms with van der Waals surface area (Å²) in [5.74, 6) is -0.154. The molecule has 0 spiro atoms. The number of hydrogen-bond acceptors (Lipinski definition) is 2. The Bertz CT molecular complexity index is 611. The Morgan fingerprint density at radius 1 is 0.955 bits per heavy atom. The van der Waals surface area contributed by atoms with Crippen LogP contribution in [0.3, 0.4) is 0 Å². The molecule has 0 heterocycles. The van der Waals surface area contributed by atoms with Crippen molar-refractivity contribution >= 4 is 17.5 Å². The van der Waals surface area contributed by atoms with Gasteiger partial charge in [-0.1, -0.05) is 36.4 Å². The van der Waals surface area contributed by atoms with Gasteiger partial charge in [-0.3, -0.25) is 9.59 Å². The molecule has 0 aliphatic heterocycles. The maximum absolute atomic E-state index is 12.3. The predicted octanol–water partition coefficient (Wildman–Crippen LogP) is 2.86. The Kier molecular flexibility index (Phi) is 5.72. The first kappa shape index (κ1) is 15.8. The van der Waals surface area contributed by atoms with Crippen molar-refractivity contribution in [2.45, 2.75) is 13.3 Å². The van der Waals surface area contributed by atoms with Gasteiger partial charge >= 0.3 is 0 Å². The molecular formula is C18H20N2O2. The summed E-state index contributed by atoms with van der Waals surface area (Å²) in [6, 6.07) is 18.5. The predicted molar refractivity (Wildman–Crippen MR) is 87.9 cm³/mol. The summed E-state index contributed by atoms with van der Waals surface area (Å²) < 4.78 is 0. The monoisotopic (exact) mass is 296 g/mol. The van der Waals surface area contributed by atoms with Crippen LogP contribution in [0.1, 0.15) is 23.7 Å². The Morgan fingerprint density at radius 3 is 2.14 bits per heavy atom. The second-order valence-corrected chi connectivity index (χ2v) is 4.85. The first-order chi connectivity index (χ1) is 10.7. The van der Waals surface area contributed by atoms with Gasteiger partial charge in [0.1, 0.15) is 0 Å². The zero-order valence-electron chi connectivity index (χ0n) is 12.7. The average molecular weight is 296 g/mol. The van der Waals surface area contributed by atoms with Crippen LogP contribution in [0.25, 0.3) is 0 Å². The fourth-order valence-electron chi connectivity index (χ4n) is 2.22. The summed E-state index contributed by atoms with van der Waals surface area (Å²) in [6.45, 7) is 2.87. The van der Waals surface area contributed by atoms with E-state index in [4.69, 9.17) is 0 Å². The molecule has 4 nitrogen and oxygen atoms in total. The van der Waals surface area contributed by atoms with E-state index in [-0.39, 0.29) is 18.2 Å². The van der Waals surface area contributed by atoms with E-state index < -0.39 is 0 Å². The van der Waals surface area contributed by atoms with Crippen molar-refractivity contribution in [1.82, 2.24) is 5.32 Å². The van der Waals surface area contributed by atoms with Crippen LogP contribution in [0.4, 0.5) is 5.69 Å². The van der Waals surface area contributed by atoms with Crippen LogP contribution in [0, 0.1) is 0 Å². The summed E-state index contributed by atoms with van der Waals surface area (Å²) in [5, 5.41) is 2.77. The lowest BCUT2D eigenvalue weighted by atomic mass is 10.2. The van der Waals surface area contributed by atoms with Gasteiger partial charge in [0, 0.05) is 30.8 Å². The number of carbonyl (C=O) groups excluding carboxylic acids is 2. The van der Waals surface area contributed by atoms with Crippen molar-refractivity contribution in [1.29, 1.82) is 0 Å². The molecule has 0 aliphatic carbocycles. The summed E-state index contributed by atoms with van der Waals surface area (Å²) in [6.07, 6.45) is 0.279. The molecule has 1 N–H and O–H groups in total. The van der Waals surface area contributed by atoms with Gasteiger partial charge in [-0.05, 0) is 31.2 Å². The fourth-order valence-corrected chi connectivity index (χ4v) is 2.22. The smallest absolute Gasteiger partial charge is 0.251 e. The van der Waals surface area contributed by atoms with Crippen LogP contribution >= 0.6 is 0 Å². The summed E-state index contributed by atoms with van der Waals surface area (Å²) in [7, 11) is 0. The molecule has 2 aromatic rings. The Balaban J connectivity index is 1.86. The van der Waals surface area contributed by atoms with Crippen LogP contribution in [0.15, 0.2) is 60.7 Å². The number of nitrogens with zero attached hydrogens (tertiary/aromatic N) is 1. The van der Waals surface area contributed by atoms with E-state index in [2.05, 4.69) is 5.32 Å². The van der Waals surface area contributed by atoms with E-state index >= 15 is 0 Å². The van der Waals surface area contributed by atoms with Gasteiger partial charge in [0.05, 0.1) is 0 Å². The van der Waals surface area contributed by atoms with Gasteiger partial charge in [-0.25, -0.2) is 0 Å². The van der Waals surface area contributed by atoms with Crippen LogP contribution < -0.4 is 10.2 Å². The van der Waals surface area contributed by atoms with Crippen molar-refractivity contribution < 1.29 is 9.59 Å². The van der Waals surface area contributed by atoms with Gasteiger partial charge in [0.25, 0.3) is 5.91 Å². The number of benzene rings is 2. The van der Waals surface area contributed by atoms with E-state index in [9.17, 15) is 9.59 Å². The minimum absolute atomic E-state index is 0.00191. The molecule has 0 fully saturated rings. The van der Waals surface area contributed by atoms with Crippen molar-refractivity contribution in [2.75, 3.05) is 18.0 Å². The van der Waals surface area contributed by atoms with E-state index in [0.29, 0.717) is 18.7 Å². The zero-order valence-corrected chi connectivity index (χ0v) is 12.7. The molecule has 2 aromatic carbocycles. The highest BCUT2D eigenvalue weighted by Crippen LogP contribution is 2.13. The zero-order chi connectivity index (χ0) is 15.8. The first-order valence-electron chi connectivity index (χ1n) is 7.41. The van der Waals surface area contributed by atoms with Crippen LogP contribution in [-0.4, -0.2) is 24.9 Å². The summed E-state index contributed by atoms with van der Waals surface area (Å²) >= 11 is 0. The minimum atomic E-state index is -0.156. The number of nitrogens with one attached hydrogen (secondary N) is 1. The number of amides is 2. The summed E-state index contributed by atoms with van der Waals surface area (Å²) in [4.78, 5) is 25.9. The van der Waals surface area contributed by atoms with Crippen LogP contribution in [0.2, 0.25) is 0 Å². The fraction of sp³-hybridized carbons (Fsp3) is 0.222. The molecule has 0 atom stereocenters. The molecule has 2 rings (SSSR count). The van der Waals surface area contributed by atoms with Crippen LogP contribution in [-0.2, 0) is 4.79 Å². The Morgan fingerprint density at radius 2 is 1.55 bits per heavy atom. The Labute approximate surface area is 130 Å². The molecule has 0 saturated carbocycles. The van der Waals surface area contributed by atoms with E-state index in [0.717, 1.165) is 5.69 Å². The molecule has 22 heavy (non-hydrogen) atoms. The molecule has 0 saturated heterocycles. The highest BCUT2D eigenvalue weighted by atomic mass is 16.2. The maximum Gasteiger partial charge on any atom is 0.251 e. The normalized spacial score (nSPS) is 10.0. The van der Waals surface area contributed by atoms with Crippen molar-refractivity contribution in [3.63, 3.8) is 0 Å². The molecule has 0 unspecified atom stereocenters. The van der Waals surface area contributed by atoms with Gasteiger partial charge in [-0.15, -0.1) is 0 Å². The SMILES string of the molecule is CCN(C(=O)CCNC(=O)c1ccccc1)c1ccccc1. The molecule has 114 valence electrons. The quantitative estimate of drug-likeness (QED) is 0.891. The van der Waals surface area contributed by atoms with E-state index in [1.165, 1.54) is 0 Å². The van der Waals surface area contributed by atoms with E-state index in [1.54, 1.807) is 17.0 Å². The van der Waals surface area contributed by atoms with Gasteiger partial charge in [0.2, 0.25) is 5.91 Å². The topological polar surface area (TPSA) is 49.4 Å². The second-order valence-electron chi connectivity index (χ2n) is 4.85.